The molecule has 1 heterocycles. The number of nitrogens with one attached hydrogen (secondary N) is 1. The Morgan fingerprint density at radius 3 is 2.54 bits per heavy atom. The molecular weight excluding hydrogens is 351 g/mol. The summed E-state index contributed by atoms with van der Waals surface area (Å²) in [4.78, 5) is 12.1. The number of halogens is 3. The minimum atomic E-state index is -4.41. The van der Waals surface area contributed by atoms with Crippen LogP contribution in [-0.4, -0.2) is 18.8 Å². The lowest BCUT2D eigenvalue weighted by atomic mass is 10.2. The quantitative estimate of drug-likeness (QED) is 0.879. The molecule has 0 radical (unpaired) electrons. The van der Waals surface area contributed by atoms with Crippen LogP contribution in [0, 0.1) is 0 Å². The number of alkyl halides is 3. The average molecular weight is 367 g/mol. The zero-order valence-corrected chi connectivity index (χ0v) is 13.8. The largest absolute Gasteiger partial charge is 0.481 e. The van der Waals surface area contributed by atoms with Crippen molar-refractivity contribution in [1.82, 2.24) is 5.32 Å². The summed E-state index contributed by atoms with van der Waals surface area (Å²) in [5, 5.41) is 2.71. The summed E-state index contributed by atoms with van der Waals surface area (Å²) in [7, 11) is 0. The van der Waals surface area contributed by atoms with Gasteiger partial charge in [-0.1, -0.05) is 6.07 Å². The van der Waals surface area contributed by atoms with Crippen molar-refractivity contribution in [2.24, 2.45) is 0 Å². The maximum Gasteiger partial charge on any atom is 0.416 e. The number of benzene rings is 2. The Balaban J connectivity index is 1.53. The summed E-state index contributed by atoms with van der Waals surface area (Å²) in [6.07, 6.45) is -5.27. The van der Waals surface area contributed by atoms with Crippen molar-refractivity contribution >= 4 is 5.91 Å². The second-order valence-electron chi connectivity index (χ2n) is 5.69. The molecule has 1 aliphatic rings. The predicted molar refractivity (Wildman–Crippen MR) is 85.9 cm³/mol. The second kappa shape index (κ2) is 7.15. The van der Waals surface area contributed by atoms with Gasteiger partial charge in [-0.25, -0.2) is 0 Å². The van der Waals surface area contributed by atoms with Crippen molar-refractivity contribution in [3.05, 3.63) is 53.6 Å². The van der Waals surface area contributed by atoms with Gasteiger partial charge in [0.2, 0.25) is 6.79 Å². The van der Waals surface area contributed by atoms with Gasteiger partial charge in [-0.05, 0) is 48.9 Å². The predicted octanol–water partition coefficient (Wildman–Crippen LogP) is 3.52. The molecule has 1 atom stereocenters. The van der Waals surface area contributed by atoms with Crippen LogP contribution in [0.4, 0.5) is 13.2 Å². The fraction of sp³-hybridized carbons (Fsp3) is 0.278. The first-order chi connectivity index (χ1) is 12.3. The highest BCUT2D eigenvalue weighted by atomic mass is 19.4. The van der Waals surface area contributed by atoms with Gasteiger partial charge in [0.25, 0.3) is 5.91 Å². The van der Waals surface area contributed by atoms with E-state index < -0.39 is 17.8 Å². The molecule has 3 rings (SSSR count). The Hall–Kier alpha value is -2.90. The SMILES string of the molecule is CC(Oc1ccc(C(F)(F)F)cc1)C(=O)NCc1ccc2c(c1)OCO2. The lowest BCUT2D eigenvalue weighted by molar-refractivity contribution is -0.137. The summed E-state index contributed by atoms with van der Waals surface area (Å²) in [5.74, 6) is 1.07. The van der Waals surface area contributed by atoms with Gasteiger partial charge in [-0.3, -0.25) is 4.79 Å². The van der Waals surface area contributed by atoms with Gasteiger partial charge in [0.15, 0.2) is 17.6 Å². The number of ether oxygens (including phenoxy) is 3. The summed E-state index contributed by atoms with van der Waals surface area (Å²) in [6, 6.07) is 9.51. The highest BCUT2D eigenvalue weighted by Crippen LogP contribution is 2.32. The van der Waals surface area contributed by atoms with Gasteiger partial charge in [0, 0.05) is 6.54 Å². The highest BCUT2D eigenvalue weighted by Gasteiger charge is 2.30. The van der Waals surface area contributed by atoms with Gasteiger partial charge in [-0.2, -0.15) is 13.2 Å². The van der Waals surface area contributed by atoms with Gasteiger partial charge in [0.1, 0.15) is 5.75 Å². The van der Waals surface area contributed by atoms with E-state index in [4.69, 9.17) is 14.2 Å². The van der Waals surface area contributed by atoms with Crippen LogP contribution in [0.15, 0.2) is 42.5 Å². The number of amides is 1. The van der Waals surface area contributed by atoms with Crippen molar-refractivity contribution in [2.45, 2.75) is 25.7 Å². The Morgan fingerprint density at radius 2 is 1.85 bits per heavy atom. The minimum absolute atomic E-state index is 0.170. The van der Waals surface area contributed by atoms with Crippen LogP contribution in [0.5, 0.6) is 17.2 Å². The zero-order chi connectivity index (χ0) is 18.7. The van der Waals surface area contributed by atoms with Gasteiger partial charge < -0.3 is 19.5 Å². The van der Waals surface area contributed by atoms with Gasteiger partial charge >= 0.3 is 6.18 Å². The number of carbonyl (C=O) groups excluding carboxylic acids is 1. The fourth-order valence-electron chi connectivity index (χ4n) is 2.36. The van der Waals surface area contributed by atoms with Crippen LogP contribution in [0.2, 0.25) is 0 Å². The summed E-state index contributed by atoms with van der Waals surface area (Å²) < 4.78 is 53.5. The second-order valence-corrected chi connectivity index (χ2v) is 5.69. The molecule has 2 aromatic carbocycles. The molecule has 0 saturated carbocycles. The molecule has 1 aliphatic heterocycles. The normalized spacial score (nSPS) is 14.0. The van der Waals surface area contributed by atoms with Crippen LogP contribution in [-0.2, 0) is 17.5 Å². The van der Waals surface area contributed by atoms with E-state index >= 15 is 0 Å². The fourth-order valence-corrected chi connectivity index (χ4v) is 2.36. The Kier molecular flexibility index (Phi) is 4.92. The van der Waals surface area contributed by atoms with Gasteiger partial charge in [0.05, 0.1) is 5.56 Å². The summed E-state index contributed by atoms with van der Waals surface area (Å²) >= 11 is 0. The summed E-state index contributed by atoms with van der Waals surface area (Å²) in [5.41, 5.74) is 0.0501. The minimum Gasteiger partial charge on any atom is -0.481 e. The third-order valence-electron chi connectivity index (χ3n) is 3.77. The number of hydrogen-bond donors (Lipinski definition) is 1. The smallest absolute Gasteiger partial charge is 0.416 e. The topological polar surface area (TPSA) is 56.8 Å². The molecule has 2 aromatic rings. The molecular formula is C18H16F3NO4. The maximum absolute atomic E-state index is 12.5. The monoisotopic (exact) mass is 367 g/mol. The van der Waals surface area contributed by atoms with E-state index in [1.165, 1.54) is 19.1 Å². The zero-order valence-electron chi connectivity index (χ0n) is 13.8. The van der Waals surface area contributed by atoms with Crippen LogP contribution in [0.25, 0.3) is 0 Å². The van der Waals surface area contributed by atoms with E-state index in [1.807, 2.05) is 0 Å². The number of carbonyl (C=O) groups is 1. The lowest BCUT2D eigenvalue weighted by Gasteiger charge is -2.15. The number of rotatable bonds is 5. The van der Waals surface area contributed by atoms with Crippen molar-refractivity contribution in [3.8, 4) is 17.2 Å². The van der Waals surface area contributed by atoms with Crippen molar-refractivity contribution in [1.29, 1.82) is 0 Å². The third-order valence-corrected chi connectivity index (χ3v) is 3.77. The van der Waals surface area contributed by atoms with E-state index in [9.17, 15) is 18.0 Å². The molecule has 0 saturated heterocycles. The number of hydrogen-bond acceptors (Lipinski definition) is 4. The molecule has 26 heavy (non-hydrogen) atoms. The average Bonchev–Trinajstić information content (AvgIpc) is 3.07. The molecule has 1 unspecified atom stereocenters. The highest BCUT2D eigenvalue weighted by molar-refractivity contribution is 5.80. The molecule has 138 valence electrons. The van der Waals surface area contributed by atoms with Crippen molar-refractivity contribution in [2.75, 3.05) is 6.79 Å². The molecule has 1 N–H and O–H groups in total. The van der Waals surface area contributed by atoms with Crippen LogP contribution >= 0.6 is 0 Å². The van der Waals surface area contributed by atoms with Crippen molar-refractivity contribution in [3.63, 3.8) is 0 Å². The van der Waals surface area contributed by atoms with E-state index in [1.54, 1.807) is 18.2 Å². The maximum atomic E-state index is 12.5. The van der Waals surface area contributed by atoms with Crippen molar-refractivity contribution < 1.29 is 32.2 Å². The molecule has 1 amide bonds. The third kappa shape index (κ3) is 4.19. The van der Waals surface area contributed by atoms with Crippen LogP contribution < -0.4 is 19.5 Å². The molecule has 8 heteroatoms. The summed E-state index contributed by atoms with van der Waals surface area (Å²) in [6.45, 7) is 1.95. The first-order valence-electron chi connectivity index (χ1n) is 7.83. The molecule has 0 bridgehead atoms. The van der Waals surface area contributed by atoms with E-state index in [0.29, 0.717) is 11.5 Å². The lowest BCUT2D eigenvalue weighted by Crippen LogP contribution is -2.35. The molecule has 0 spiro atoms. The van der Waals surface area contributed by atoms with Crippen LogP contribution in [0.1, 0.15) is 18.1 Å². The molecule has 5 nitrogen and oxygen atoms in total. The first-order valence-corrected chi connectivity index (χ1v) is 7.83. The molecule has 0 fully saturated rings. The Labute approximate surface area is 147 Å². The Morgan fingerprint density at radius 1 is 1.15 bits per heavy atom. The van der Waals surface area contributed by atoms with Crippen LogP contribution in [0.3, 0.4) is 0 Å². The standard InChI is InChI=1S/C18H16F3NO4/c1-11(26-14-5-3-13(4-6-14)18(19,20)21)17(23)22-9-12-2-7-15-16(8-12)25-10-24-15/h2-8,11H,9-10H2,1H3,(H,22,23). The van der Waals surface area contributed by atoms with E-state index in [2.05, 4.69) is 5.32 Å². The van der Waals surface area contributed by atoms with E-state index in [0.717, 1.165) is 17.7 Å². The Bertz CT molecular complexity index is 790. The number of fused-ring (bicyclic) bond motifs is 1. The van der Waals surface area contributed by atoms with E-state index in [-0.39, 0.29) is 25.0 Å². The van der Waals surface area contributed by atoms with Gasteiger partial charge in [-0.15, -0.1) is 0 Å². The first kappa shape index (κ1) is 17.9. The molecule has 0 aromatic heterocycles. The molecule has 0 aliphatic carbocycles.